The van der Waals surface area contributed by atoms with E-state index in [4.69, 9.17) is 0 Å². The summed E-state index contributed by atoms with van der Waals surface area (Å²) in [7, 11) is -3.68. The quantitative estimate of drug-likeness (QED) is 0.545. The fraction of sp³-hybridized carbons (Fsp3) is 0.368. The molecule has 3 rings (SSSR count). The van der Waals surface area contributed by atoms with Gasteiger partial charge < -0.3 is 5.32 Å². The number of benzene rings is 1. The molecule has 1 amide bonds. The van der Waals surface area contributed by atoms with Crippen molar-refractivity contribution in [3.05, 3.63) is 62.6 Å². The molecule has 0 saturated carbocycles. The van der Waals surface area contributed by atoms with Crippen LogP contribution in [0.3, 0.4) is 0 Å². The van der Waals surface area contributed by atoms with E-state index in [1.165, 1.54) is 10.4 Å². The normalized spacial score (nSPS) is 15.0. The van der Waals surface area contributed by atoms with Crippen molar-refractivity contribution in [3.8, 4) is 0 Å². The van der Waals surface area contributed by atoms with Crippen LogP contribution in [0.4, 0.5) is 11.4 Å². The molecule has 1 N–H and O–H groups in total. The van der Waals surface area contributed by atoms with E-state index in [9.17, 15) is 28.1 Å². The van der Waals surface area contributed by atoms with Gasteiger partial charge in [-0.1, -0.05) is 12.5 Å². The molecule has 1 fully saturated rings. The van der Waals surface area contributed by atoms with Crippen LogP contribution in [0.1, 0.15) is 24.8 Å². The lowest BCUT2D eigenvalue weighted by Crippen LogP contribution is -2.36. The Morgan fingerprint density at radius 1 is 1.17 bits per heavy atom. The molecule has 30 heavy (non-hydrogen) atoms. The number of sulfonamides is 1. The topological polar surface area (TPSA) is 132 Å². The Morgan fingerprint density at radius 3 is 2.53 bits per heavy atom. The summed E-state index contributed by atoms with van der Waals surface area (Å²) in [5.41, 5.74) is -0.0474. The van der Waals surface area contributed by atoms with Crippen LogP contribution in [0.15, 0.2) is 46.2 Å². The molecule has 1 aliphatic rings. The summed E-state index contributed by atoms with van der Waals surface area (Å²) in [5, 5.41) is 13.4. The maximum absolute atomic E-state index is 13.0. The molecule has 1 saturated heterocycles. The van der Waals surface area contributed by atoms with E-state index in [0.29, 0.717) is 18.7 Å². The van der Waals surface area contributed by atoms with Crippen molar-refractivity contribution in [2.24, 2.45) is 0 Å². The number of pyridine rings is 1. The van der Waals surface area contributed by atoms with Gasteiger partial charge in [-0.2, -0.15) is 4.31 Å². The number of nitrogens with one attached hydrogen (secondary N) is 1. The van der Waals surface area contributed by atoms with Crippen LogP contribution in [0, 0.1) is 17.0 Å². The van der Waals surface area contributed by atoms with E-state index >= 15 is 0 Å². The first-order chi connectivity index (χ1) is 14.2. The van der Waals surface area contributed by atoms with Gasteiger partial charge in [0.15, 0.2) is 0 Å². The Bertz CT molecular complexity index is 1140. The Labute approximate surface area is 173 Å². The van der Waals surface area contributed by atoms with E-state index in [0.717, 1.165) is 42.2 Å². The second-order valence-electron chi connectivity index (χ2n) is 7.10. The lowest BCUT2D eigenvalue weighted by Gasteiger charge is -2.26. The molecule has 0 unspecified atom stereocenters. The molecule has 2 aromatic rings. The second kappa shape index (κ2) is 8.76. The van der Waals surface area contributed by atoms with E-state index < -0.39 is 33.0 Å². The molecule has 2 heterocycles. The highest BCUT2D eigenvalue weighted by Gasteiger charge is 2.27. The van der Waals surface area contributed by atoms with Crippen LogP contribution in [0.25, 0.3) is 0 Å². The van der Waals surface area contributed by atoms with Crippen molar-refractivity contribution >= 4 is 27.3 Å². The number of anilines is 1. The molecule has 11 heteroatoms. The third kappa shape index (κ3) is 4.74. The van der Waals surface area contributed by atoms with Gasteiger partial charge in [0.05, 0.1) is 16.0 Å². The van der Waals surface area contributed by atoms with Crippen LogP contribution >= 0.6 is 0 Å². The van der Waals surface area contributed by atoms with Gasteiger partial charge in [0.25, 0.3) is 11.2 Å². The van der Waals surface area contributed by atoms with Crippen molar-refractivity contribution in [3.63, 3.8) is 0 Å². The molecule has 0 bridgehead atoms. The fourth-order valence-electron chi connectivity index (χ4n) is 3.31. The maximum atomic E-state index is 13.0. The van der Waals surface area contributed by atoms with Crippen LogP contribution in [0.5, 0.6) is 0 Å². The molecule has 10 nitrogen and oxygen atoms in total. The molecule has 0 radical (unpaired) electrons. The highest BCUT2D eigenvalue weighted by Crippen LogP contribution is 2.26. The molecule has 1 aromatic carbocycles. The van der Waals surface area contributed by atoms with Crippen molar-refractivity contribution in [2.75, 3.05) is 18.4 Å². The van der Waals surface area contributed by atoms with Gasteiger partial charge >= 0.3 is 0 Å². The third-order valence-corrected chi connectivity index (χ3v) is 6.94. The predicted molar refractivity (Wildman–Crippen MR) is 110 cm³/mol. The Kier molecular flexibility index (Phi) is 6.32. The lowest BCUT2D eigenvalue weighted by atomic mass is 10.2. The number of carbonyl (C=O) groups is 1. The number of hydrogen-bond donors (Lipinski definition) is 1. The minimum absolute atomic E-state index is 0.120. The van der Waals surface area contributed by atoms with E-state index in [2.05, 4.69) is 5.32 Å². The fourth-order valence-corrected chi connectivity index (χ4v) is 5.07. The van der Waals surface area contributed by atoms with Gasteiger partial charge in [0.2, 0.25) is 15.9 Å². The summed E-state index contributed by atoms with van der Waals surface area (Å²) in [4.78, 5) is 34.5. The van der Waals surface area contributed by atoms with Gasteiger partial charge in [0.1, 0.15) is 6.54 Å². The van der Waals surface area contributed by atoms with E-state index in [1.54, 1.807) is 19.1 Å². The van der Waals surface area contributed by atoms with E-state index in [-0.39, 0.29) is 16.3 Å². The number of nitro groups is 1. The summed E-state index contributed by atoms with van der Waals surface area (Å²) in [6.45, 7) is 2.18. The van der Waals surface area contributed by atoms with Crippen LogP contribution < -0.4 is 10.9 Å². The summed E-state index contributed by atoms with van der Waals surface area (Å²) in [6.07, 6.45) is 3.61. The number of rotatable bonds is 6. The summed E-state index contributed by atoms with van der Waals surface area (Å²) >= 11 is 0. The number of piperidine rings is 1. The predicted octanol–water partition coefficient (Wildman–Crippen LogP) is 1.88. The minimum Gasteiger partial charge on any atom is -0.324 e. The molecule has 1 aromatic heterocycles. The molecular formula is C19H22N4O6S. The first kappa shape index (κ1) is 21.7. The van der Waals surface area contributed by atoms with Gasteiger partial charge in [-0.05, 0) is 37.5 Å². The average Bonchev–Trinajstić information content (AvgIpc) is 2.71. The summed E-state index contributed by atoms with van der Waals surface area (Å²) in [6, 6.07) is 6.65. The minimum atomic E-state index is -3.68. The molecular weight excluding hydrogens is 412 g/mol. The SMILES string of the molecule is Cc1ccc(NC(=O)Cn2cc([N+](=O)[O-])ccc2=O)cc1S(=O)(=O)N1CCCCC1. The van der Waals surface area contributed by atoms with Crippen LogP contribution in [-0.4, -0.2) is 41.2 Å². The van der Waals surface area contributed by atoms with Crippen molar-refractivity contribution < 1.29 is 18.1 Å². The molecule has 0 atom stereocenters. The number of aromatic nitrogens is 1. The average molecular weight is 434 g/mol. The Balaban J connectivity index is 1.80. The largest absolute Gasteiger partial charge is 0.324 e. The lowest BCUT2D eigenvalue weighted by molar-refractivity contribution is -0.385. The molecule has 0 aliphatic carbocycles. The van der Waals surface area contributed by atoms with Gasteiger partial charge in [-0.25, -0.2) is 8.42 Å². The van der Waals surface area contributed by atoms with Crippen LogP contribution in [0.2, 0.25) is 0 Å². The Morgan fingerprint density at radius 2 is 1.87 bits per heavy atom. The first-order valence-electron chi connectivity index (χ1n) is 9.44. The standard InChI is InChI=1S/C19H22N4O6S/c1-14-5-6-15(11-17(14)30(28,29)22-9-3-2-4-10-22)20-18(24)13-21-12-16(23(26)27)7-8-19(21)25/h5-8,11-12H,2-4,9-10,13H2,1H3,(H,20,24). The smallest absolute Gasteiger partial charge is 0.285 e. The van der Waals surface area contributed by atoms with Gasteiger partial charge in [-0.3, -0.25) is 24.3 Å². The number of amides is 1. The monoisotopic (exact) mass is 434 g/mol. The zero-order valence-corrected chi connectivity index (χ0v) is 17.2. The summed E-state index contributed by atoms with van der Waals surface area (Å²) < 4.78 is 28.3. The zero-order chi connectivity index (χ0) is 21.9. The number of aryl methyl sites for hydroxylation is 1. The Hall–Kier alpha value is -3.05. The summed E-state index contributed by atoms with van der Waals surface area (Å²) in [5.74, 6) is -0.609. The second-order valence-corrected chi connectivity index (χ2v) is 9.01. The highest BCUT2D eigenvalue weighted by molar-refractivity contribution is 7.89. The highest BCUT2D eigenvalue weighted by atomic mass is 32.2. The number of nitrogens with zero attached hydrogens (tertiary/aromatic N) is 3. The molecule has 160 valence electrons. The third-order valence-electron chi connectivity index (χ3n) is 4.90. The maximum Gasteiger partial charge on any atom is 0.285 e. The first-order valence-corrected chi connectivity index (χ1v) is 10.9. The molecule has 1 aliphatic heterocycles. The van der Waals surface area contributed by atoms with Crippen molar-refractivity contribution in [1.82, 2.24) is 8.87 Å². The van der Waals surface area contributed by atoms with Gasteiger partial charge in [0, 0.05) is 30.9 Å². The van der Waals surface area contributed by atoms with Crippen LogP contribution in [-0.2, 0) is 21.4 Å². The zero-order valence-electron chi connectivity index (χ0n) is 16.4. The van der Waals surface area contributed by atoms with E-state index in [1.807, 2.05) is 0 Å². The molecule has 0 spiro atoms. The van der Waals surface area contributed by atoms with Gasteiger partial charge in [-0.15, -0.1) is 0 Å². The van der Waals surface area contributed by atoms with Crippen molar-refractivity contribution in [1.29, 1.82) is 0 Å². The number of hydrogen-bond acceptors (Lipinski definition) is 6. The van der Waals surface area contributed by atoms with Crippen molar-refractivity contribution in [2.45, 2.75) is 37.6 Å². The number of carbonyl (C=O) groups excluding carboxylic acids is 1.